The highest BCUT2D eigenvalue weighted by Gasteiger charge is 2.65. The van der Waals surface area contributed by atoms with Crippen molar-refractivity contribution < 1.29 is 62.7 Å². The molecule has 2 aliphatic heterocycles. The van der Waals surface area contributed by atoms with Crippen molar-refractivity contribution in [1.82, 2.24) is 4.90 Å². The molecular weight excluding hydrogens is 893 g/mol. The van der Waals surface area contributed by atoms with Crippen molar-refractivity contribution in [2.24, 2.45) is 22.9 Å². The number of non-ortho nitro benzene ring substituents is 1. The van der Waals surface area contributed by atoms with Crippen LogP contribution in [0, 0.1) is 27.9 Å². The molecule has 2 heterocycles. The summed E-state index contributed by atoms with van der Waals surface area (Å²) in [5.74, 6) is -1.13. The van der Waals surface area contributed by atoms with Crippen LogP contribution in [-0.2, 0) is 14.3 Å². The third-order valence-electron chi connectivity index (χ3n) is 13.2. The minimum atomic E-state index is -1.60. The van der Waals surface area contributed by atoms with Crippen molar-refractivity contribution in [3.8, 4) is 28.7 Å². The van der Waals surface area contributed by atoms with E-state index in [2.05, 4.69) is 18.0 Å². The Morgan fingerprint density at radius 2 is 1.72 bits per heavy atom. The van der Waals surface area contributed by atoms with E-state index in [1.54, 1.807) is 41.3 Å². The lowest BCUT2D eigenvalue weighted by Gasteiger charge is -2.59. The molecule has 69 heavy (non-hydrogen) atoms. The normalized spacial score (nSPS) is 24.1. The molecule has 18 heteroatoms. The molecule has 7 unspecified atom stereocenters. The minimum Gasteiger partial charge on any atom is -0.497 e. The lowest BCUT2D eigenvalue weighted by atomic mass is 9.55. The summed E-state index contributed by atoms with van der Waals surface area (Å²) in [7, 11) is 3.02. The molecule has 372 valence electrons. The van der Waals surface area contributed by atoms with Gasteiger partial charge < -0.3 is 48.2 Å². The number of aliphatic hydroxyl groups excluding tert-OH is 2. The number of methoxy groups -OCH3 is 2. The van der Waals surface area contributed by atoms with E-state index < -0.39 is 47.1 Å². The summed E-state index contributed by atoms with van der Waals surface area (Å²) in [6, 6.07) is 14.6. The van der Waals surface area contributed by atoms with E-state index in [1.807, 2.05) is 13.0 Å². The number of nitrogens with one attached hydrogen (secondary N) is 1. The van der Waals surface area contributed by atoms with Gasteiger partial charge in [-0.1, -0.05) is 37.1 Å². The Hall–Kier alpha value is -6.21. The molecule has 1 saturated carbocycles. The van der Waals surface area contributed by atoms with Crippen LogP contribution in [0.15, 0.2) is 90.1 Å². The fourth-order valence-electron chi connectivity index (χ4n) is 10.2. The van der Waals surface area contributed by atoms with Crippen LogP contribution in [0.4, 0.5) is 21.0 Å². The second-order valence-corrected chi connectivity index (χ2v) is 17.6. The number of nitro benzene ring substituents is 1. The zero-order valence-electron chi connectivity index (χ0n) is 39.5. The Bertz CT molecular complexity index is 2320. The van der Waals surface area contributed by atoms with Crippen LogP contribution in [0.25, 0.3) is 0 Å². The highest BCUT2D eigenvalue weighted by molar-refractivity contribution is 6.03. The number of amides is 2. The van der Waals surface area contributed by atoms with Crippen LogP contribution in [0.2, 0.25) is 0 Å². The zero-order chi connectivity index (χ0) is 48.9. The van der Waals surface area contributed by atoms with Gasteiger partial charge in [0.2, 0.25) is 12.1 Å². The van der Waals surface area contributed by atoms with Gasteiger partial charge in [-0.15, -0.1) is 6.58 Å². The molecule has 4 aliphatic rings. The number of carbonyl (C=O) groups is 2. The molecule has 0 spiro atoms. The smallest absolute Gasteiger partial charge is 0.417 e. The molecule has 1 saturated heterocycles. The maximum absolute atomic E-state index is 14.7. The standard InChI is InChI=1S/C51H64N4O14/c1-5-24-54(50(59)67-35-18-16-34(17-19-35)55(60)61)45-32-42(53-69-46-15-9-12-28-64-46)39-29-33(13-7-10-25-56)38(14-8-11-26-57)47-40-30-37(21-23-43(40)68-51(45,48(39)47)65-27-6-2)66-49(58)52-41-22-20-36(62-3)31-44(41)63-4/h6,16-23,29-31,33,38,45-48,56-57H,2,5,7-15,24-28,32H2,1,3-4H3,(H,52,58). The van der Waals surface area contributed by atoms with Crippen LogP contribution in [0.1, 0.15) is 89.0 Å². The van der Waals surface area contributed by atoms with E-state index in [1.165, 1.54) is 38.5 Å². The fourth-order valence-corrected chi connectivity index (χ4v) is 10.2. The van der Waals surface area contributed by atoms with E-state index in [9.17, 15) is 29.9 Å². The predicted molar refractivity (Wildman–Crippen MR) is 255 cm³/mol. The number of rotatable bonds is 22. The van der Waals surface area contributed by atoms with Crippen molar-refractivity contribution >= 4 is 29.3 Å². The second kappa shape index (κ2) is 23.9. The van der Waals surface area contributed by atoms with Crippen LogP contribution in [0.5, 0.6) is 28.7 Å². The molecule has 2 aliphatic carbocycles. The fraction of sp³-hybridized carbons (Fsp3) is 0.510. The Labute approximate surface area is 402 Å². The van der Waals surface area contributed by atoms with Crippen molar-refractivity contribution in [2.45, 2.75) is 102 Å². The number of allylic oxidation sites excluding steroid dienone is 1. The van der Waals surface area contributed by atoms with E-state index in [4.69, 9.17) is 43.2 Å². The van der Waals surface area contributed by atoms with Gasteiger partial charge in [0.15, 0.2) is 0 Å². The first-order chi connectivity index (χ1) is 33.6. The topological polar surface area (TPSA) is 219 Å². The van der Waals surface area contributed by atoms with Crippen molar-refractivity contribution in [3.63, 3.8) is 0 Å². The third kappa shape index (κ3) is 11.6. The van der Waals surface area contributed by atoms with Crippen molar-refractivity contribution in [3.05, 3.63) is 101 Å². The van der Waals surface area contributed by atoms with E-state index >= 15 is 0 Å². The SMILES string of the molecule is C=CCOC12Oc3ccc(OC(=O)Nc4ccc(OC)cc4OC)cc3C3C(CCCCO)C(CCCCO)C=C(C(=NOC4CCCCO4)CC1N(CCC)C(=O)Oc1ccc([N+](=O)[O-])cc1)C32. The van der Waals surface area contributed by atoms with Crippen LogP contribution >= 0.6 is 0 Å². The molecule has 3 aromatic carbocycles. The molecule has 3 aromatic rings. The Balaban J connectivity index is 1.38. The number of nitrogens with zero attached hydrogens (tertiary/aromatic N) is 3. The molecule has 2 fully saturated rings. The molecule has 3 N–H and O–H groups in total. The number of hydrogen-bond donors (Lipinski definition) is 3. The Morgan fingerprint density at radius 1 is 0.971 bits per heavy atom. The van der Waals surface area contributed by atoms with Gasteiger partial charge in [-0.25, -0.2) is 9.59 Å². The second-order valence-electron chi connectivity index (χ2n) is 17.6. The van der Waals surface area contributed by atoms with Gasteiger partial charge in [0, 0.05) is 62.3 Å². The first-order valence-electron chi connectivity index (χ1n) is 23.9. The molecular formula is C51H64N4O14. The van der Waals surface area contributed by atoms with Gasteiger partial charge in [-0.2, -0.15) is 0 Å². The Kier molecular flexibility index (Phi) is 17.5. The number of nitro groups is 1. The van der Waals surface area contributed by atoms with Gasteiger partial charge in [-0.3, -0.25) is 20.3 Å². The number of hydrogen-bond acceptors (Lipinski definition) is 15. The summed E-state index contributed by atoms with van der Waals surface area (Å²) in [5.41, 5.74) is 2.34. The summed E-state index contributed by atoms with van der Waals surface area (Å²) >= 11 is 0. The maximum atomic E-state index is 14.7. The summed E-state index contributed by atoms with van der Waals surface area (Å²) in [5, 5.41) is 39.1. The van der Waals surface area contributed by atoms with Gasteiger partial charge in [0.1, 0.15) is 34.8 Å². The highest BCUT2D eigenvalue weighted by Crippen LogP contribution is 2.62. The number of unbranched alkanes of at least 4 members (excludes halogenated alkanes) is 2. The van der Waals surface area contributed by atoms with Gasteiger partial charge in [-0.05, 0) is 105 Å². The summed E-state index contributed by atoms with van der Waals surface area (Å²) in [6.07, 6.45) is 8.88. The molecule has 0 aromatic heterocycles. The third-order valence-corrected chi connectivity index (χ3v) is 13.2. The molecule has 2 amide bonds. The molecule has 7 rings (SSSR count). The van der Waals surface area contributed by atoms with E-state index in [0.717, 1.165) is 36.8 Å². The largest absolute Gasteiger partial charge is 0.497 e. The molecule has 7 atom stereocenters. The quantitative estimate of drug-likeness (QED) is 0.0370. The van der Waals surface area contributed by atoms with Crippen LogP contribution in [-0.4, -0.2) is 103 Å². The lowest BCUT2D eigenvalue weighted by molar-refractivity contribution is -0.384. The predicted octanol–water partition coefficient (Wildman–Crippen LogP) is 9.29. The number of benzene rings is 3. The molecule has 18 nitrogen and oxygen atoms in total. The van der Waals surface area contributed by atoms with E-state index in [0.29, 0.717) is 73.8 Å². The number of fused-ring (bicyclic) bond motifs is 2. The lowest BCUT2D eigenvalue weighted by Crippen LogP contribution is -2.70. The number of aliphatic hydroxyl groups is 2. The Morgan fingerprint density at radius 3 is 2.41 bits per heavy atom. The van der Waals surface area contributed by atoms with Crippen molar-refractivity contribution in [1.29, 1.82) is 0 Å². The number of ether oxygens (including phenoxy) is 7. The van der Waals surface area contributed by atoms with Crippen molar-refractivity contribution in [2.75, 3.05) is 52.5 Å². The van der Waals surface area contributed by atoms with Gasteiger partial charge >= 0.3 is 12.2 Å². The number of anilines is 1. The monoisotopic (exact) mass is 956 g/mol. The average Bonchev–Trinajstić information content (AvgIpc) is 3.36. The van der Waals surface area contributed by atoms with Gasteiger partial charge in [0.05, 0.1) is 49.7 Å². The molecule has 0 radical (unpaired) electrons. The van der Waals surface area contributed by atoms with Crippen LogP contribution < -0.4 is 29.0 Å². The summed E-state index contributed by atoms with van der Waals surface area (Å²) in [6.45, 7) is 6.75. The van der Waals surface area contributed by atoms with Crippen LogP contribution in [0.3, 0.4) is 0 Å². The van der Waals surface area contributed by atoms with Gasteiger partial charge in [0.25, 0.3) is 5.69 Å². The maximum Gasteiger partial charge on any atom is 0.417 e. The zero-order valence-corrected chi connectivity index (χ0v) is 39.5. The summed E-state index contributed by atoms with van der Waals surface area (Å²) in [4.78, 5) is 47.1. The molecule has 0 bridgehead atoms. The first kappa shape index (κ1) is 50.7. The average molecular weight is 957 g/mol. The van der Waals surface area contributed by atoms with E-state index in [-0.39, 0.29) is 61.8 Å². The summed E-state index contributed by atoms with van der Waals surface area (Å²) < 4.78 is 43.1. The number of oxime groups is 1. The highest BCUT2D eigenvalue weighted by atomic mass is 16.8. The first-order valence-corrected chi connectivity index (χ1v) is 23.9. The minimum absolute atomic E-state index is 0.0115. The number of carbonyl (C=O) groups excluding carboxylic acids is 2.